The highest BCUT2D eigenvalue weighted by molar-refractivity contribution is 5.94. The van der Waals surface area contributed by atoms with Gasteiger partial charge < -0.3 is 10.5 Å². The summed E-state index contributed by atoms with van der Waals surface area (Å²) in [7, 11) is 0. The minimum Gasteiger partial charge on any atom is -0.463 e. The molecule has 1 rings (SSSR count). The average molecular weight is 219 g/mol. The third kappa shape index (κ3) is 2.86. The molecule has 2 N–H and O–H groups in total. The van der Waals surface area contributed by atoms with Crippen molar-refractivity contribution >= 4 is 17.7 Å². The Labute approximate surface area is 95.9 Å². The molecule has 16 heavy (non-hydrogen) atoms. The molecule has 0 bridgehead atoms. The van der Waals surface area contributed by atoms with E-state index in [0.29, 0.717) is 17.9 Å². The van der Waals surface area contributed by atoms with Crippen LogP contribution in [0, 0.1) is 6.92 Å². The molecule has 0 radical (unpaired) electrons. The quantitative estimate of drug-likeness (QED) is 0.483. The molecule has 0 atom stereocenters. The van der Waals surface area contributed by atoms with Gasteiger partial charge in [0.15, 0.2) is 0 Å². The van der Waals surface area contributed by atoms with Crippen LogP contribution in [0.3, 0.4) is 0 Å². The molecule has 0 aliphatic heterocycles. The summed E-state index contributed by atoms with van der Waals surface area (Å²) in [6.45, 7) is 5.85. The Kier molecular flexibility index (Phi) is 4.11. The largest absolute Gasteiger partial charge is 0.463 e. The van der Waals surface area contributed by atoms with Gasteiger partial charge in [-0.25, -0.2) is 4.79 Å². The Hall–Kier alpha value is -1.77. The summed E-state index contributed by atoms with van der Waals surface area (Å²) in [6.07, 6.45) is 1.77. The third-order valence-electron chi connectivity index (χ3n) is 2.32. The Balaban J connectivity index is 3.02. The number of hydrogen-bond acceptors (Lipinski definition) is 3. The van der Waals surface area contributed by atoms with Crippen molar-refractivity contribution < 1.29 is 9.53 Å². The van der Waals surface area contributed by atoms with Gasteiger partial charge in [-0.1, -0.05) is 12.1 Å². The fraction of sp³-hybridized carbons (Fsp3) is 0.308. The minimum atomic E-state index is -0.301. The van der Waals surface area contributed by atoms with Crippen molar-refractivity contribution in [2.75, 3.05) is 12.3 Å². The topological polar surface area (TPSA) is 52.3 Å². The van der Waals surface area contributed by atoms with Crippen LogP contribution in [-0.2, 0) is 9.53 Å². The number of aryl methyl sites for hydroxylation is 1. The Morgan fingerprint density at radius 2 is 2.19 bits per heavy atom. The Morgan fingerprint density at radius 3 is 2.75 bits per heavy atom. The first-order valence-corrected chi connectivity index (χ1v) is 5.26. The van der Waals surface area contributed by atoms with Gasteiger partial charge in [-0.3, -0.25) is 0 Å². The van der Waals surface area contributed by atoms with E-state index in [1.54, 1.807) is 19.9 Å². The first-order chi connectivity index (χ1) is 7.56. The monoisotopic (exact) mass is 219 g/mol. The second kappa shape index (κ2) is 5.35. The lowest BCUT2D eigenvalue weighted by molar-refractivity contribution is -0.138. The highest BCUT2D eigenvalue weighted by Crippen LogP contribution is 2.19. The number of nitrogens with two attached hydrogens (primary N) is 1. The van der Waals surface area contributed by atoms with Gasteiger partial charge >= 0.3 is 5.97 Å². The molecule has 1 aromatic carbocycles. The summed E-state index contributed by atoms with van der Waals surface area (Å²) < 4.78 is 4.91. The SMILES string of the molecule is CCOC(=O)/C(C)=C/c1c(C)cccc1N. The van der Waals surface area contributed by atoms with Crippen molar-refractivity contribution in [2.24, 2.45) is 0 Å². The Morgan fingerprint density at radius 1 is 1.50 bits per heavy atom. The number of anilines is 1. The summed E-state index contributed by atoms with van der Waals surface area (Å²) in [4.78, 5) is 11.4. The van der Waals surface area contributed by atoms with Gasteiger partial charge in [0.05, 0.1) is 6.61 Å². The molecule has 0 saturated carbocycles. The highest BCUT2D eigenvalue weighted by Gasteiger charge is 2.06. The number of hydrogen-bond donors (Lipinski definition) is 1. The number of rotatable bonds is 3. The minimum absolute atomic E-state index is 0.301. The first-order valence-electron chi connectivity index (χ1n) is 5.26. The summed E-state index contributed by atoms with van der Waals surface area (Å²) in [5, 5.41) is 0. The molecule has 0 heterocycles. The van der Waals surface area contributed by atoms with Gasteiger partial charge in [0.25, 0.3) is 0 Å². The molecule has 0 fully saturated rings. The maximum atomic E-state index is 11.4. The van der Waals surface area contributed by atoms with Gasteiger partial charge in [-0.05, 0) is 38.5 Å². The van der Waals surface area contributed by atoms with Gasteiger partial charge in [0.1, 0.15) is 0 Å². The molecule has 0 aliphatic carbocycles. The molecule has 1 aromatic rings. The highest BCUT2D eigenvalue weighted by atomic mass is 16.5. The molecular formula is C13H17NO2. The van der Waals surface area contributed by atoms with Crippen LogP contribution in [0.4, 0.5) is 5.69 Å². The zero-order valence-electron chi connectivity index (χ0n) is 9.91. The Bertz CT molecular complexity index is 402. The van der Waals surface area contributed by atoms with Crippen LogP contribution in [0.25, 0.3) is 6.08 Å². The lowest BCUT2D eigenvalue weighted by atomic mass is 10.0. The average Bonchev–Trinajstić information content (AvgIpc) is 2.23. The van der Waals surface area contributed by atoms with E-state index in [2.05, 4.69) is 0 Å². The fourth-order valence-electron chi connectivity index (χ4n) is 1.42. The predicted molar refractivity (Wildman–Crippen MR) is 65.9 cm³/mol. The third-order valence-corrected chi connectivity index (χ3v) is 2.32. The van der Waals surface area contributed by atoms with Crippen LogP contribution < -0.4 is 5.73 Å². The number of carbonyl (C=O) groups excluding carboxylic acids is 1. The van der Waals surface area contributed by atoms with E-state index in [0.717, 1.165) is 11.1 Å². The van der Waals surface area contributed by atoms with Crippen LogP contribution in [0.5, 0.6) is 0 Å². The van der Waals surface area contributed by atoms with Crippen molar-refractivity contribution in [1.82, 2.24) is 0 Å². The first kappa shape index (κ1) is 12.3. The van der Waals surface area contributed by atoms with Crippen molar-refractivity contribution in [3.8, 4) is 0 Å². The number of esters is 1. The molecule has 3 nitrogen and oxygen atoms in total. The normalized spacial score (nSPS) is 11.3. The number of nitrogen functional groups attached to an aromatic ring is 1. The molecule has 3 heteroatoms. The molecule has 0 amide bonds. The predicted octanol–water partition coefficient (Wildman–Crippen LogP) is 2.54. The van der Waals surface area contributed by atoms with Gasteiger partial charge in [-0.15, -0.1) is 0 Å². The molecular weight excluding hydrogens is 202 g/mol. The van der Waals surface area contributed by atoms with Gasteiger partial charge in [0, 0.05) is 16.8 Å². The molecule has 86 valence electrons. The van der Waals surface area contributed by atoms with Crippen LogP contribution in [0.1, 0.15) is 25.0 Å². The fourth-order valence-corrected chi connectivity index (χ4v) is 1.42. The lowest BCUT2D eigenvalue weighted by Crippen LogP contribution is -2.05. The smallest absolute Gasteiger partial charge is 0.333 e. The number of benzene rings is 1. The van der Waals surface area contributed by atoms with Crippen LogP contribution in [-0.4, -0.2) is 12.6 Å². The van der Waals surface area contributed by atoms with Crippen LogP contribution in [0.2, 0.25) is 0 Å². The summed E-state index contributed by atoms with van der Waals surface area (Å²) in [5.41, 5.74) is 9.00. The summed E-state index contributed by atoms with van der Waals surface area (Å²) >= 11 is 0. The summed E-state index contributed by atoms with van der Waals surface area (Å²) in [5.74, 6) is -0.301. The van der Waals surface area contributed by atoms with Crippen LogP contribution in [0.15, 0.2) is 23.8 Å². The van der Waals surface area contributed by atoms with Crippen molar-refractivity contribution in [2.45, 2.75) is 20.8 Å². The van der Waals surface area contributed by atoms with Crippen molar-refractivity contribution in [3.63, 3.8) is 0 Å². The van der Waals surface area contributed by atoms with Crippen molar-refractivity contribution in [1.29, 1.82) is 0 Å². The second-order valence-corrected chi connectivity index (χ2v) is 3.63. The van der Waals surface area contributed by atoms with E-state index in [9.17, 15) is 4.79 Å². The van der Waals surface area contributed by atoms with Crippen molar-refractivity contribution in [3.05, 3.63) is 34.9 Å². The maximum absolute atomic E-state index is 11.4. The number of carbonyl (C=O) groups is 1. The van der Waals surface area contributed by atoms with Crippen LogP contribution >= 0.6 is 0 Å². The van der Waals surface area contributed by atoms with E-state index < -0.39 is 0 Å². The lowest BCUT2D eigenvalue weighted by Gasteiger charge is -2.06. The maximum Gasteiger partial charge on any atom is 0.333 e. The molecule has 0 aliphatic rings. The molecule has 0 spiro atoms. The van der Waals surface area contributed by atoms with E-state index in [1.165, 1.54) is 0 Å². The van der Waals surface area contributed by atoms with Gasteiger partial charge in [-0.2, -0.15) is 0 Å². The van der Waals surface area contributed by atoms with E-state index >= 15 is 0 Å². The standard InChI is InChI=1S/C13H17NO2/c1-4-16-13(15)10(3)8-11-9(2)6-5-7-12(11)14/h5-8H,4,14H2,1-3H3/b10-8+. The number of ether oxygens (including phenoxy) is 1. The zero-order chi connectivity index (χ0) is 12.1. The second-order valence-electron chi connectivity index (χ2n) is 3.63. The summed E-state index contributed by atoms with van der Waals surface area (Å²) in [6, 6.07) is 5.67. The van der Waals surface area contributed by atoms with Gasteiger partial charge in [0.2, 0.25) is 0 Å². The molecule has 0 aromatic heterocycles. The molecule has 0 unspecified atom stereocenters. The molecule has 0 saturated heterocycles. The van der Waals surface area contributed by atoms with E-state index in [1.807, 2.05) is 25.1 Å². The zero-order valence-corrected chi connectivity index (χ0v) is 9.91. The van der Waals surface area contributed by atoms with E-state index in [4.69, 9.17) is 10.5 Å². The van der Waals surface area contributed by atoms with E-state index in [-0.39, 0.29) is 5.97 Å².